The number of carbonyl (C=O) groups is 1. The lowest BCUT2D eigenvalue weighted by atomic mass is 10.0. The number of halogens is 1. The van der Waals surface area contributed by atoms with Crippen LogP contribution in [0.25, 0.3) is 6.08 Å². The van der Waals surface area contributed by atoms with Gasteiger partial charge in [0.1, 0.15) is 5.84 Å². The normalized spacial score (nSPS) is 12.9. The summed E-state index contributed by atoms with van der Waals surface area (Å²) in [7, 11) is 0. The first-order valence-corrected chi connectivity index (χ1v) is 9.88. The number of amides is 1. The van der Waals surface area contributed by atoms with Gasteiger partial charge < -0.3 is 10.6 Å². The summed E-state index contributed by atoms with van der Waals surface area (Å²) in [6.07, 6.45) is 4.26. The van der Waals surface area contributed by atoms with E-state index in [1.165, 1.54) is 0 Å². The fraction of sp³-hybridized carbons (Fsp3) is 0.500. The minimum atomic E-state index is 0.0713. The van der Waals surface area contributed by atoms with Crippen molar-refractivity contribution in [1.82, 2.24) is 4.90 Å². The molecule has 0 aliphatic carbocycles. The van der Waals surface area contributed by atoms with Crippen molar-refractivity contribution < 1.29 is 4.79 Å². The number of rotatable bonds is 5. The average molecular weight is 408 g/mol. The van der Waals surface area contributed by atoms with Crippen LogP contribution in [0.3, 0.4) is 0 Å². The van der Waals surface area contributed by atoms with Crippen molar-refractivity contribution in [3.63, 3.8) is 0 Å². The van der Waals surface area contributed by atoms with Gasteiger partial charge in [-0.15, -0.1) is 0 Å². The summed E-state index contributed by atoms with van der Waals surface area (Å²) in [5, 5.41) is 0. The van der Waals surface area contributed by atoms with Crippen LogP contribution in [0.15, 0.2) is 27.2 Å². The molecule has 4 nitrogen and oxygen atoms in total. The number of benzene rings is 1. The Kier molecular flexibility index (Phi) is 8.90. The Bertz CT molecular complexity index is 659. The molecule has 0 bridgehead atoms. The van der Waals surface area contributed by atoms with Crippen LogP contribution in [0.2, 0.25) is 0 Å². The van der Waals surface area contributed by atoms with Crippen LogP contribution in [0.1, 0.15) is 58.1 Å². The van der Waals surface area contributed by atoms with Gasteiger partial charge in [0.25, 0.3) is 0 Å². The van der Waals surface area contributed by atoms with Crippen molar-refractivity contribution in [2.75, 3.05) is 13.1 Å². The molecular formula is C20H30BrN3O. The van der Waals surface area contributed by atoms with Crippen molar-refractivity contribution >= 4 is 39.4 Å². The molecule has 1 aliphatic heterocycles. The van der Waals surface area contributed by atoms with Crippen molar-refractivity contribution in [2.45, 2.75) is 53.9 Å². The van der Waals surface area contributed by atoms with E-state index in [0.717, 1.165) is 52.8 Å². The van der Waals surface area contributed by atoms with Gasteiger partial charge in [0.2, 0.25) is 5.91 Å². The summed E-state index contributed by atoms with van der Waals surface area (Å²) in [5.41, 5.74) is 9.64. The molecule has 5 heteroatoms. The highest BCUT2D eigenvalue weighted by atomic mass is 79.9. The van der Waals surface area contributed by atoms with E-state index in [1.807, 2.05) is 43.9 Å². The molecule has 138 valence electrons. The van der Waals surface area contributed by atoms with Crippen LogP contribution in [0.5, 0.6) is 0 Å². The molecule has 2 N–H and O–H groups in total. The fourth-order valence-electron chi connectivity index (χ4n) is 2.83. The molecule has 0 radical (unpaired) electrons. The van der Waals surface area contributed by atoms with Gasteiger partial charge in [0, 0.05) is 35.1 Å². The molecule has 1 aromatic carbocycles. The minimum Gasteiger partial charge on any atom is -0.387 e. The molecule has 25 heavy (non-hydrogen) atoms. The summed E-state index contributed by atoms with van der Waals surface area (Å²) < 4.78 is 0.965. The highest BCUT2D eigenvalue weighted by molar-refractivity contribution is 9.10. The molecule has 1 heterocycles. The Morgan fingerprint density at radius 3 is 2.40 bits per heavy atom. The third-order valence-electron chi connectivity index (χ3n) is 3.83. The van der Waals surface area contributed by atoms with E-state index in [0.29, 0.717) is 12.3 Å². The second kappa shape index (κ2) is 10.4. The van der Waals surface area contributed by atoms with E-state index >= 15 is 0 Å². The zero-order valence-corrected chi connectivity index (χ0v) is 17.6. The molecule has 2 rings (SSSR count). The van der Waals surface area contributed by atoms with Crippen molar-refractivity contribution in [2.24, 2.45) is 10.7 Å². The van der Waals surface area contributed by atoms with E-state index in [9.17, 15) is 4.79 Å². The van der Waals surface area contributed by atoms with Crippen LogP contribution in [-0.4, -0.2) is 29.7 Å². The maximum absolute atomic E-state index is 12.9. The third kappa shape index (κ3) is 5.70. The number of nitrogens with zero attached hydrogens (tertiary/aromatic N) is 2. The van der Waals surface area contributed by atoms with Gasteiger partial charge in [0.15, 0.2) is 0 Å². The molecule has 0 unspecified atom stereocenters. The molecule has 0 spiro atoms. The molecule has 0 fully saturated rings. The Labute approximate surface area is 160 Å². The lowest BCUT2D eigenvalue weighted by molar-refractivity contribution is -0.127. The van der Waals surface area contributed by atoms with Crippen LogP contribution >= 0.6 is 15.9 Å². The Morgan fingerprint density at radius 2 is 1.84 bits per heavy atom. The number of carbonyl (C=O) groups excluding carboxylic acids is 1. The van der Waals surface area contributed by atoms with Gasteiger partial charge >= 0.3 is 0 Å². The Balaban J connectivity index is 0.00000151. The van der Waals surface area contributed by atoms with Gasteiger partial charge in [-0.3, -0.25) is 4.79 Å². The quantitative estimate of drug-likeness (QED) is 0.727. The minimum absolute atomic E-state index is 0.0713. The summed E-state index contributed by atoms with van der Waals surface area (Å²) >= 11 is 3.49. The monoisotopic (exact) mass is 407 g/mol. The van der Waals surface area contributed by atoms with Gasteiger partial charge in [-0.05, 0) is 43.5 Å². The zero-order valence-electron chi connectivity index (χ0n) is 16.0. The van der Waals surface area contributed by atoms with Gasteiger partial charge in [-0.1, -0.05) is 43.6 Å². The maximum atomic E-state index is 12.9. The third-order valence-corrected chi connectivity index (χ3v) is 4.29. The maximum Gasteiger partial charge on any atom is 0.250 e. The second-order valence-electron chi connectivity index (χ2n) is 5.90. The summed E-state index contributed by atoms with van der Waals surface area (Å²) in [6.45, 7) is 11.7. The first-order chi connectivity index (χ1) is 12.0. The number of amidine groups is 1. The van der Waals surface area contributed by atoms with Crippen molar-refractivity contribution in [3.8, 4) is 0 Å². The summed E-state index contributed by atoms with van der Waals surface area (Å²) in [5.74, 6) is 0.552. The lowest BCUT2D eigenvalue weighted by Crippen LogP contribution is -2.34. The summed E-state index contributed by atoms with van der Waals surface area (Å²) in [6, 6.07) is 3.97. The van der Waals surface area contributed by atoms with Crippen LogP contribution < -0.4 is 5.73 Å². The SMILES string of the molecule is CC.CCCN(CCC)C(=O)C1=Cc2c(C)cc(Br)cc2N=C(N)C1. The van der Waals surface area contributed by atoms with E-state index in [2.05, 4.69) is 34.8 Å². The van der Waals surface area contributed by atoms with E-state index in [4.69, 9.17) is 5.73 Å². The average Bonchev–Trinajstić information content (AvgIpc) is 2.74. The predicted octanol–water partition coefficient (Wildman–Crippen LogP) is 5.21. The molecule has 0 aromatic heterocycles. The molecule has 0 saturated heterocycles. The standard InChI is InChI=1S/C18H24BrN3O.C2H6/c1-4-6-22(7-5-2)18(23)13-9-15-12(3)8-14(19)11-16(15)21-17(20)10-13;1-2/h8-9,11H,4-7,10H2,1-3H3,(H2,20,21);1-2H3. The molecule has 1 aliphatic rings. The number of fused-ring (bicyclic) bond motifs is 1. The predicted molar refractivity (Wildman–Crippen MR) is 111 cm³/mol. The topological polar surface area (TPSA) is 58.7 Å². The number of aryl methyl sites for hydroxylation is 1. The van der Waals surface area contributed by atoms with Crippen molar-refractivity contribution in [3.05, 3.63) is 33.3 Å². The van der Waals surface area contributed by atoms with Crippen molar-refractivity contribution in [1.29, 1.82) is 0 Å². The van der Waals surface area contributed by atoms with Crippen LogP contribution in [0, 0.1) is 6.92 Å². The smallest absolute Gasteiger partial charge is 0.250 e. The molecule has 0 atom stereocenters. The van der Waals surface area contributed by atoms with Gasteiger partial charge in [0.05, 0.1) is 5.69 Å². The van der Waals surface area contributed by atoms with E-state index in [1.54, 1.807) is 0 Å². The molecule has 1 amide bonds. The molecule has 0 saturated carbocycles. The van der Waals surface area contributed by atoms with E-state index in [-0.39, 0.29) is 5.91 Å². The summed E-state index contributed by atoms with van der Waals surface area (Å²) in [4.78, 5) is 19.3. The number of nitrogens with two attached hydrogens (primary N) is 1. The number of hydrogen-bond donors (Lipinski definition) is 1. The zero-order chi connectivity index (χ0) is 19.0. The van der Waals surface area contributed by atoms with Crippen LogP contribution in [-0.2, 0) is 4.79 Å². The van der Waals surface area contributed by atoms with Gasteiger partial charge in [-0.2, -0.15) is 0 Å². The highest BCUT2D eigenvalue weighted by Gasteiger charge is 2.21. The largest absolute Gasteiger partial charge is 0.387 e. The Hall–Kier alpha value is -1.62. The second-order valence-corrected chi connectivity index (χ2v) is 6.81. The fourth-order valence-corrected chi connectivity index (χ4v) is 3.39. The first-order valence-electron chi connectivity index (χ1n) is 9.09. The lowest BCUT2D eigenvalue weighted by Gasteiger charge is -2.22. The molecule has 1 aromatic rings. The van der Waals surface area contributed by atoms with E-state index < -0.39 is 0 Å². The van der Waals surface area contributed by atoms with Crippen LogP contribution in [0.4, 0.5) is 5.69 Å². The number of aliphatic imine (C=N–C) groups is 1. The highest BCUT2D eigenvalue weighted by Crippen LogP contribution is 2.32. The Morgan fingerprint density at radius 1 is 1.24 bits per heavy atom. The number of hydrogen-bond acceptors (Lipinski definition) is 3. The first kappa shape index (κ1) is 21.4. The molecular weight excluding hydrogens is 378 g/mol. The van der Waals surface area contributed by atoms with Gasteiger partial charge in [-0.25, -0.2) is 4.99 Å².